The van der Waals surface area contributed by atoms with Gasteiger partial charge < -0.3 is 0 Å². The fraction of sp³-hybridized carbons (Fsp3) is 0.200. The van der Waals surface area contributed by atoms with Gasteiger partial charge in [-0.15, -0.1) is 22.7 Å². The van der Waals surface area contributed by atoms with Crippen molar-refractivity contribution in [3.8, 4) is 10.4 Å². The second-order valence-corrected chi connectivity index (χ2v) is 5.21. The van der Waals surface area contributed by atoms with E-state index < -0.39 is 0 Å². The van der Waals surface area contributed by atoms with E-state index in [1.807, 2.05) is 22.7 Å². The summed E-state index contributed by atoms with van der Waals surface area (Å²) in [6.45, 7) is 4.35. The SMILES string of the molecule is Cc1cc(-c2cccs2)c(C)s1. The molecule has 12 heavy (non-hydrogen) atoms. The number of aryl methyl sites for hydroxylation is 2. The molecular weight excluding hydrogens is 184 g/mol. The van der Waals surface area contributed by atoms with Crippen LogP contribution >= 0.6 is 22.7 Å². The molecule has 2 heteroatoms. The van der Waals surface area contributed by atoms with Crippen LogP contribution in [0.5, 0.6) is 0 Å². The summed E-state index contributed by atoms with van der Waals surface area (Å²) in [6, 6.07) is 6.55. The van der Waals surface area contributed by atoms with Crippen molar-refractivity contribution in [3.05, 3.63) is 33.3 Å². The molecule has 0 aliphatic heterocycles. The second kappa shape index (κ2) is 3.04. The molecule has 2 heterocycles. The Bertz CT molecular complexity index is 368. The molecule has 62 valence electrons. The van der Waals surface area contributed by atoms with Crippen molar-refractivity contribution < 1.29 is 0 Å². The molecule has 0 amide bonds. The summed E-state index contributed by atoms with van der Waals surface area (Å²) < 4.78 is 0. The molecule has 2 rings (SSSR count). The quantitative estimate of drug-likeness (QED) is 0.641. The Morgan fingerprint density at radius 3 is 2.58 bits per heavy atom. The van der Waals surface area contributed by atoms with Crippen LogP contribution in [-0.4, -0.2) is 0 Å². The van der Waals surface area contributed by atoms with Gasteiger partial charge in [-0.25, -0.2) is 0 Å². The molecule has 0 N–H and O–H groups in total. The van der Waals surface area contributed by atoms with Gasteiger partial charge >= 0.3 is 0 Å². The van der Waals surface area contributed by atoms with Gasteiger partial charge in [0, 0.05) is 20.2 Å². The molecule has 2 aromatic rings. The molecule has 0 aliphatic carbocycles. The van der Waals surface area contributed by atoms with Crippen LogP contribution in [0.15, 0.2) is 23.6 Å². The first-order valence-corrected chi connectivity index (χ1v) is 5.58. The number of hydrogen-bond donors (Lipinski definition) is 0. The molecule has 0 unspecified atom stereocenters. The maximum Gasteiger partial charge on any atom is 0.0353 e. The first-order chi connectivity index (χ1) is 5.77. The van der Waals surface area contributed by atoms with Crippen LogP contribution in [0.4, 0.5) is 0 Å². The maximum atomic E-state index is 2.27. The van der Waals surface area contributed by atoms with E-state index >= 15 is 0 Å². The molecule has 2 aromatic heterocycles. The molecule has 0 aromatic carbocycles. The normalized spacial score (nSPS) is 10.5. The summed E-state index contributed by atoms with van der Waals surface area (Å²) in [5.41, 5.74) is 1.41. The third kappa shape index (κ3) is 1.32. The third-order valence-electron chi connectivity index (χ3n) is 1.83. The summed E-state index contributed by atoms with van der Waals surface area (Å²) in [5, 5.41) is 2.13. The zero-order valence-corrected chi connectivity index (χ0v) is 8.76. The zero-order chi connectivity index (χ0) is 8.55. The molecule has 0 fully saturated rings. The molecule has 0 aliphatic rings. The molecule has 0 radical (unpaired) electrons. The summed E-state index contributed by atoms with van der Waals surface area (Å²) in [5.74, 6) is 0. The maximum absolute atomic E-state index is 2.27. The van der Waals surface area contributed by atoms with E-state index in [2.05, 4.69) is 37.4 Å². The number of hydrogen-bond acceptors (Lipinski definition) is 2. The van der Waals surface area contributed by atoms with Gasteiger partial charge in [-0.2, -0.15) is 0 Å². The van der Waals surface area contributed by atoms with Crippen molar-refractivity contribution in [2.75, 3.05) is 0 Å². The van der Waals surface area contributed by atoms with E-state index in [9.17, 15) is 0 Å². The molecule has 0 bridgehead atoms. The first-order valence-electron chi connectivity index (χ1n) is 3.88. The van der Waals surface area contributed by atoms with E-state index in [-0.39, 0.29) is 0 Å². The van der Waals surface area contributed by atoms with Crippen molar-refractivity contribution >= 4 is 22.7 Å². The minimum absolute atomic E-state index is 1.39. The van der Waals surface area contributed by atoms with Gasteiger partial charge in [-0.3, -0.25) is 0 Å². The minimum atomic E-state index is 1.39. The van der Waals surface area contributed by atoms with Gasteiger partial charge in [0.05, 0.1) is 0 Å². The van der Waals surface area contributed by atoms with Crippen molar-refractivity contribution in [2.45, 2.75) is 13.8 Å². The third-order valence-corrected chi connectivity index (χ3v) is 3.70. The standard InChI is InChI=1S/C10H10S2/c1-7-6-9(8(2)12-7)10-4-3-5-11-10/h3-6H,1-2H3. The predicted octanol–water partition coefficient (Wildman–Crippen LogP) is 4.09. The van der Waals surface area contributed by atoms with Crippen LogP contribution < -0.4 is 0 Å². The molecule has 0 nitrogen and oxygen atoms in total. The van der Waals surface area contributed by atoms with Gasteiger partial charge in [-0.05, 0) is 31.4 Å². The highest BCUT2D eigenvalue weighted by molar-refractivity contribution is 7.15. The van der Waals surface area contributed by atoms with Crippen molar-refractivity contribution in [1.82, 2.24) is 0 Å². The lowest BCUT2D eigenvalue weighted by Gasteiger charge is -1.91. The Morgan fingerprint density at radius 2 is 2.08 bits per heavy atom. The lowest BCUT2D eigenvalue weighted by molar-refractivity contribution is 1.61. The van der Waals surface area contributed by atoms with Gasteiger partial charge in [0.1, 0.15) is 0 Å². The minimum Gasteiger partial charge on any atom is -0.145 e. The highest BCUT2D eigenvalue weighted by Crippen LogP contribution is 2.33. The van der Waals surface area contributed by atoms with Gasteiger partial charge in [0.25, 0.3) is 0 Å². The molecule has 0 saturated heterocycles. The van der Waals surface area contributed by atoms with Crippen molar-refractivity contribution in [3.63, 3.8) is 0 Å². The predicted molar refractivity (Wildman–Crippen MR) is 57.1 cm³/mol. The highest BCUT2D eigenvalue weighted by atomic mass is 32.1. The van der Waals surface area contributed by atoms with E-state index in [4.69, 9.17) is 0 Å². The average Bonchev–Trinajstić information content (AvgIpc) is 2.58. The van der Waals surface area contributed by atoms with E-state index in [1.54, 1.807) is 0 Å². The Labute approximate surface area is 80.5 Å². The Morgan fingerprint density at radius 1 is 1.25 bits per heavy atom. The monoisotopic (exact) mass is 194 g/mol. The fourth-order valence-electron chi connectivity index (χ4n) is 1.31. The van der Waals surface area contributed by atoms with Crippen molar-refractivity contribution in [1.29, 1.82) is 0 Å². The molecular formula is C10H10S2. The lowest BCUT2D eigenvalue weighted by Crippen LogP contribution is -1.67. The Kier molecular flexibility index (Phi) is 2.03. The number of rotatable bonds is 1. The van der Waals surface area contributed by atoms with Crippen LogP contribution in [0, 0.1) is 13.8 Å². The summed E-state index contributed by atoms with van der Waals surface area (Å²) in [7, 11) is 0. The largest absolute Gasteiger partial charge is 0.145 e. The summed E-state index contributed by atoms with van der Waals surface area (Å²) in [6.07, 6.45) is 0. The fourth-order valence-corrected chi connectivity index (χ4v) is 3.11. The van der Waals surface area contributed by atoms with Crippen LogP contribution in [0.25, 0.3) is 10.4 Å². The van der Waals surface area contributed by atoms with Gasteiger partial charge in [0.2, 0.25) is 0 Å². The molecule has 0 saturated carbocycles. The number of thiophene rings is 2. The van der Waals surface area contributed by atoms with E-state index in [1.165, 1.54) is 20.2 Å². The Hall–Kier alpha value is -0.600. The Balaban J connectivity index is 2.54. The van der Waals surface area contributed by atoms with Crippen LogP contribution in [-0.2, 0) is 0 Å². The topological polar surface area (TPSA) is 0 Å². The molecule has 0 spiro atoms. The smallest absolute Gasteiger partial charge is 0.0353 e. The van der Waals surface area contributed by atoms with Crippen molar-refractivity contribution in [2.24, 2.45) is 0 Å². The highest BCUT2D eigenvalue weighted by Gasteiger charge is 2.05. The van der Waals surface area contributed by atoms with Gasteiger partial charge in [0.15, 0.2) is 0 Å². The average molecular weight is 194 g/mol. The first kappa shape index (κ1) is 8.02. The van der Waals surface area contributed by atoms with E-state index in [0.29, 0.717) is 0 Å². The second-order valence-electron chi connectivity index (χ2n) is 2.80. The van der Waals surface area contributed by atoms with Crippen LogP contribution in [0.3, 0.4) is 0 Å². The molecule has 0 atom stereocenters. The van der Waals surface area contributed by atoms with E-state index in [0.717, 1.165) is 0 Å². The summed E-state index contributed by atoms with van der Waals surface area (Å²) in [4.78, 5) is 4.21. The zero-order valence-electron chi connectivity index (χ0n) is 7.13. The lowest BCUT2D eigenvalue weighted by atomic mass is 10.2. The van der Waals surface area contributed by atoms with Gasteiger partial charge in [-0.1, -0.05) is 6.07 Å². The summed E-state index contributed by atoms with van der Waals surface area (Å²) >= 11 is 3.68. The van der Waals surface area contributed by atoms with Crippen LogP contribution in [0.2, 0.25) is 0 Å². The van der Waals surface area contributed by atoms with Crippen LogP contribution in [0.1, 0.15) is 9.75 Å².